The molecule has 2 N–H and O–H groups in total. The number of imidazole rings is 1. The van der Waals surface area contributed by atoms with Crippen molar-refractivity contribution in [3.63, 3.8) is 0 Å². The van der Waals surface area contributed by atoms with Gasteiger partial charge < -0.3 is 5.73 Å². The van der Waals surface area contributed by atoms with Crippen LogP contribution in [0.2, 0.25) is 0 Å². The van der Waals surface area contributed by atoms with Gasteiger partial charge in [-0.05, 0) is 60.0 Å². The number of pyridine rings is 1. The van der Waals surface area contributed by atoms with Crippen molar-refractivity contribution in [2.45, 2.75) is 6.42 Å². The predicted octanol–water partition coefficient (Wildman–Crippen LogP) is 3.92. The maximum atomic E-state index is 13.2. The van der Waals surface area contributed by atoms with E-state index in [1.54, 1.807) is 40.6 Å². The Kier molecular flexibility index (Phi) is 4.81. The molecule has 0 bridgehead atoms. The van der Waals surface area contributed by atoms with Gasteiger partial charge in [-0.3, -0.25) is 14.1 Å². The zero-order valence-corrected chi connectivity index (χ0v) is 17.6. The number of aromatic nitrogens is 3. The molecule has 0 atom stereocenters. The normalized spacial score (nSPS) is 11.2. The molecule has 6 heteroatoms. The van der Waals surface area contributed by atoms with Crippen molar-refractivity contribution in [1.82, 2.24) is 14.1 Å². The number of nitriles is 1. The Balaban J connectivity index is 1.78. The predicted molar refractivity (Wildman–Crippen MR) is 127 cm³/mol. The summed E-state index contributed by atoms with van der Waals surface area (Å²) in [5, 5.41) is 10.2. The van der Waals surface area contributed by atoms with Crippen LogP contribution in [0.3, 0.4) is 0 Å². The molecule has 2 heterocycles. The minimum absolute atomic E-state index is 0.180. The van der Waals surface area contributed by atoms with Crippen LogP contribution in [0, 0.1) is 11.3 Å². The third kappa shape index (κ3) is 3.16. The third-order valence-corrected chi connectivity index (χ3v) is 5.84. The Morgan fingerprint density at radius 1 is 1.03 bits per heavy atom. The fourth-order valence-corrected chi connectivity index (χ4v) is 4.16. The van der Waals surface area contributed by atoms with Gasteiger partial charge in [-0.15, -0.1) is 0 Å². The molecule has 0 saturated carbocycles. The topological polar surface area (TPSA) is 89.6 Å². The Bertz CT molecular complexity index is 1570. The van der Waals surface area contributed by atoms with Crippen LogP contribution in [-0.2, 0) is 13.5 Å². The molecule has 0 aliphatic heterocycles. The maximum Gasteiger partial charge on any atom is 0.333 e. The number of hydrogen-bond donors (Lipinski definition) is 1. The van der Waals surface area contributed by atoms with Gasteiger partial charge in [0.1, 0.15) is 0 Å². The third-order valence-electron chi connectivity index (χ3n) is 5.84. The highest BCUT2D eigenvalue weighted by Gasteiger charge is 2.17. The lowest BCUT2D eigenvalue weighted by Gasteiger charge is -2.09. The number of hydrogen-bond acceptors (Lipinski definition) is 4. The van der Waals surface area contributed by atoms with Crippen LogP contribution in [0.25, 0.3) is 38.8 Å². The molecular formula is C26H21N5O. The smallest absolute Gasteiger partial charge is 0.330 e. The minimum atomic E-state index is -0.180. The number of aryl methyl sites for hydroxylation is 1. The highest BCUT2D eigenvalue weighted by molar-refractivity contribution is 6.04. The second-order valence-electron chi connectivity index (χ2n) is 7.80. The molecule has 0 amide bonds. The minimum Gasteiger partial charge on any atom is -0.330 e. The van der Waals surface area contributed by atoms with E-state index in [0.29, 0.717) is 17.8 Å². The first-order valence-electron chi connectivity index (χ1n) is 10.4. The number of nitrogens with zero attached hydrogens (tertiary/aromatic N) is 4. The van der Waals surface area contributed by atoms with Crippen molar-refractivity contribution >= 4 is 21.9 Å². The summed E-state index contributed by atoms with van der Waals surface area (Å²) in [6, 6.07) is 23.7. The van der Waals surface area contributed by atoms with Crippen molar-refractivity contribution < 1.29 is 0 Å². The van der Waals surface area contributed by atoms with Crippen LogP contribution in [0.1, 0.15) is 11.1 Å². The first-order valence-corrected chi connectivity index (χ1v) is 10.4. The van der Waals surface area contributed by atoms with Gasteiger partial charge in [0.2, 0.25) is 0 Å². The fourth-order valence-electron chi connectivity index (χ4n) is 4.16. The largest absolute Gasteiger partial charge is 0.333 e. The summed E-state index contributed by atoms with van der Waals surface area (Å²) in [4.78, 5) is 17.8. The van der Waals surface area contributed by atoms with E-state index in [9.17, 15) is 10.1 Å². The molecule has 2 aromatic heterocycles. The van der Waals surface area contributed by atoms with Gasteiger partial charge in [-0.2, -0.15) is 5.26 Å². The van der Waals surface area contributed by atoms with E-state index >= 15 is 0 Å². The first-order chi connectivity index (χ1) is 15.6. The van der Waals surface area contributed by atoms with E-state index < -0.39 is 0 Å². The molecule has 0 spiro atoms. The number of benzene rings is 3. The lowest BCUT2D eigenvalue weighted by Crippen LogP contribution is -2.20. The summed E-state index contributed by atoms with van der Waals surface area (Å²) >= 11 is 0. The second kappa shape index (κ2) is 7.80. The van der Waals surface area contributed by atoms with Crippen molar-refractivity contribution in [3.8, 4) is 22.9 Å². The van der Waals surface area contributed by atoms with Crippen LogP contribution in [0.15, 0.2) is 77.7 Å². The summed E-state index contributed by atoms with van der Waals surface area (Å²) in [6.45, 7) is 0.623. The Morgan fingerprint density at radius 3 is 2.56 bits per heavy atom. The second-order valence-corrected chi connectivity index (χ2v) is 7.80. The summed E-state index contributed by atoms with van der Waals surface area (Å²) in [6.07, 6.45) is 2.57. The molecule has 5 aromatic rings. The standard InChI is InChI=1S/C26H21N5O/c1-30-24-16-29-23-10-9-20(19-7-5-17(6-8-19)11-12-27)14-22(23)25(24)31(26(30)32)21-4-2-3-18(13-21)15-28/h2-10,13-14,16H,11-12,27H2,1H3. The average Bonchev–Trinajstić information content (AvgIpc) is 3.10. The molecule has 0 radical (unpaired) electrons. The Morgan fingerprint density at radius 2 is 1.81 bits per heavy atom. The van der Waals surface area contributed by atoms with Gasteiger partial charge in [-0.1, -0.05) is 36.4 Å². The molecular weight excluding hydrogens is 398 g/mol. The highest BCUT2D eigenvalue weighted by Crippen LogP contribution is 2.30. The summed E-state index contributed by atoms with van der Waals surface area (Å²) < 4.78 is 3.25. The zero-order valence-electron chi connectivity index (χ0n) is 17.6. The van der Waals surface area contributed by atoms with E-state index in [-0.39, 0.29) is 5.69 Å². The average molecular weight is 419 g/mol. The fraction of sp³-hybridized carbons (Fsp3) is 0.115. The van der Waals surface area contributed by atoms with Crippen molar-refractivity contribution in [2.24, 2.45) is 12.8 Å². The lowest BCUT2D eigenvalue weighted by molar-refractivity contribution is 0.845. The van der Waals surface area contributed by atoms with Gasteiger partial charge in [0.05, 0.1) is 40.1 Å². The Labute approximate surface area is 184 Å². The zero-order chi connectivity index (χ0) is 22.2. The maximum absolute atomic E-state index is 13.2. The van der Waals surface area contributed by atoms with Crippen LogP contribution >= 0.6 is 0 Å². The van der Waals surface area contributed by atoms with Crippen LogP contribution in [-0.4, -0.2) is 20.7 Å². The summed E-state index contributed by atoms with van der Waals surface area (Å²) in [7, 11) is 1.74. The molecule has 3 aromatic carbocycles. The molecule has 156 valence electrons. The molecule has 0 aliphatic carbocycles. The molecule has 0 aliphatic rings. The van der Waals surface area contributed by atoms with Gasteiger partial charge in [0, 0.05) is 12.4 Å². The van der Waals surface area contributed by atoms with E-state index in [1.807, 2.05) is 18.2 Å². The van der Waals surface area contributed by atoms with Crippen molar-refractivity contribution in [3.05, 3.63) is 94.5 Å². The SMILES string of the molecule is Cn1c(=O)n(-c2cccc(C#N)c2)c2c3cc(-c4ccc(CCN)cc4)ccc3ncc21. The number of nitrogens with two attached hydrogens (primary N) is 1. The van der Waals surface area contributed by atoms with Crippen LogP contribution in [0.5, 0.6) is 0 Å². The molecule has 0 unspecified atom stereocenters. The quantitative estimate of drug-likeness (QED) is 0.478. The van der Waals surface area contributed by atoms with Crippen LogP contribution < -0.4 is 11.4 Å². The van der Waals surface area contributed by atoms with Crippen LogP contribution in [0.4, 0.5) is 0 Å². The molecule has 5 rings (SSSR count). The first kappa shape index (κ1) is 19.7. The van der Waals surface area contributed by atoms with Crippen molar-refractivity contribution in [1.29, 1.82) is 5.26 Å². The summed E-state index contributed by atoms with van der Waals surface area (Å²) in [5.74, 6) is 0. The lowest BCUT2D eigenvalue weighted by atomic mass is 10.0. The monoisotopic (exact) mass is 419 g/mol. The van der Waals surface area contributed by atoms with E-state index in [1.165, 1.54) is 5.56 Å². The van der Waals surface area contributed by atoms with E-state index in [2.05, 4.69) is 41.4 Å². The summed E-state index contributed by atoms with van der Waals surface area (Å²) in [5.41, 5.74) is 12.3. The molecule has 32 heavy (non-hydrogen) atoms. The number of rotatable bonds is 4. The molecule has 0 fully saturated rings. The van der Waals surface area contributed by atoms with Gasteiger partial charge >= 0.3 is 5.69 Å². The molecule has 0 saturated heterocycles. The van der Waals surface area contributed by atoms with E-state index in [0.717, 1.165) is 39.5 Å². The molecule has 6 nitrogen and oxygen atoms in total. The van der Waals surface area contributed by atoms with Gasteiger partial charge in [0.15, 0.2) is 0 Å². The van der Waals surface area contributed by atoms with Gasteiger partial charge in [-0.25, -0.2) is 4.79 Å². The Hall–Kier alpha value is -4.21. The van der Waals surface area contributed by atoms with Gasteiger partial charge in [0.25, 0.3) is 0 Å². The highest BCUT2D eigenvalue weighted by atomic mass is 16.1. The number of fused-ring (bicyclic) bond motifs is 3. The van der Waals surface area contributed by atoms with E-state index in [4.69, 9.17) is 5.73 Å². The van der Waals surface area contributed by atoms with Crippen molar-refractivity contribution in [2.75, 3.05) is 6.54 Å².